The molecule has 0 radical (unpaired) electrons. The van der Waals surface area contributed by atoms with Gasteiger partial charge in [-0.1, -0.05) is 12.1 Å². The van der Waals surface area contributed by atoms with E-state index in [1.165, 1.54) is 22.8 Å². The minimum atomic E-state index is -1.08. The Morgan fingerprint density at radius 3 is 2.92 bits per heavy atom. The zero-order chi connectivity index (χ0) is 18.3. The number of amides is 1. The lowest BCUT2D eigenvalue weighted by molar-refractivity contribution is 0.0698. The molecule has 1 amide bonds. The number of halogens is 2. The van der Waals surface area contributed by atoms with Crippen LogP contribution in [0.15, 0.2) is 42.6 Å². The summed E-state index contributed by atoms with van der Waals surface area (Å²) in [6.07, 6.45) is 0.421. The number of hydrogen-bond donors (Lipinski definition) is 2. The van der Waals surface area contributed by atoms with Crippen molar-refractivity contribution in [3.63, 3.8) is 0 Å². The summed E-state index contributed by atoms with van der Waals surface area (Å²) in [6.45, 7) is 0.107. The second-order valence-corrected chi connectivity index (χ2v) is 6.10. The highest BCUT2D eigenvalue weighted by atomic mass is 19.1. The largest absolute Gasteiger partial charge is 0.345 e. The van der Waals surface area contributed by atoms with E-state index in [0.717, 1.165) is 0 Å². The topological polar surface area (TPSA) is 82.8 Å². The van der Waals surface area contributed by atoms with Gasteiger partial charge in [-0.15, -0.1) is 5.10 Å². The number of aromatic nitrogens is 3. The Hall–Kier alpha value is -3.07. The quantitative estimate of drug-likeness (QED) is 0.554. The van der Waals surface area contributed by atoms with Gasteiger partial charge in [-0.2, -0.15) is 0 Å². The first kappa shape index (κ1) is 16.4. The van der Waals surface area contributed by atoms with Crippen LogP contribution in [-0.2, 0) is 0 Å². The third-order valence-corrected chi connectivity index (χ3v) is 4.46. The molecule has 1 saturated heterocycles. The predicted molar refractivity (Wildman–Crippen MR) is 88.2 cm³/mol. The molecule has 9 heteroatoms. The maximum absolute atomic E-state index is 14.1. The number of nitrogens with zero attached hydrogens (tertiary/aromatic N) is 4. The lowest BCUT2D eigenvalue weighted by atomic mass is 10.0. The summed E-state index contributed by atoms with van der Waals surface area (Å²) in [5.41, 5.74) is 2.65. The van der Waals surface area contributed by atoms with Gasteiger partial charge in [0.2, 0.25) is 0 Å². The first-order valence-electron chi connectivity index (χ1n) is 8.02. The van der Waals surface area contributed by atoms with Gasteiger partial charge in [0.25, 0.3) is 5.91 Å². The number of rotatable bonds is 3. The molecule has 0 spiro atoms. The number of carbonyl (C=O) groups excluding carboxylic acids is 1. The highest BCUT2D eigenvalue weighted by Crippen LogP contribution is 2.36. The standard InChI is InChI=1S/C17H15F2N5O2/c18-11-3-1-2-10(6-11)13-7-12(19)9-23(13)16-5-4-15-20-8-14(17(25)22-26)24(15)21-16/h1-6,8,12-13,26H,7,9H2,(H,22,25)/t12-,13?/m0/s1. The van der Waals surface area contributed by atoms with Crippen LogP contribution in [0.2, 0.25) is 0 Å². The van der Waals surface area contributed by atoms with Crippen LogP contribution >= 0.6 is 0 Å². The highest BCUT2D eigenvalue weighted by molar-refractivity contribution is 5.92. The number of hydroxylamine groups is 1. The van der Waals surface area contributed by atoms with Crippen LogP contribution in [0.4, 0.5) is 14.6 Å². The van der Waals surface area contributed by atoms with Crippen LogP contribution in [0.25, 0.3) is 5.65 Å². The number of anilines is 1. The zero-order valence-electron chi connectivity index (χ0n) is 13.5. The van der Waals surface area contributed by atoms with E-state index in [4.69, 9.17) is 5.21 Å². The Labute approximate surface area is 146 Å². The summed E-state index contributed by atoms with van der Waals surface area (Å²) in [5.74, 6) is -0.713. The monoisotopic (exact) mass is 359 g/mol. The highest BCUT2D eigenvalue weighted by Gasteiger charge is 2.34. The van der Waals surface area contributed by atoms with Gasteiger partial charge in [0.15, 0.2) is 11.3 Å². The maximum Gasteiger partial charge on any atom is 0.294 e. The fourth-order valence-electron chi connectivity index (χ4n) is 3.30. The lowest BCUT2D eigenvalue weighted by Gasteiger charge is -2.25. The van der Waals surface area contributed by atoms with Gasteiger partial charge in [0.1, 0.15) is 17.8 Å². The molecule has 2 N–H and O–H groups in total. The third-order valence-electron chi connectivity index (χ3n) is 4.46. The molecule has 7 nitrogen and oxygen atoms in total. The second-order valence-electron chi connectivity index (χ2n) is 6.10. The van der Waals surface area contributed by atoms with Crippen LogP contribution < -0.4 is 10.4 Å². The Kier molecular flexibility index (Phi) is 4.00. The van der Waals surface area contributed by atoms with E-state index < -0.39 is 12.1 Å². The van der Waals surface area contributed by atoms with E-state index in [2.05, 4.69) is 10.1 Å². The van der Waals surface area contributed by atoms with Gasteiger partial charge < -0.3 is 4.90 Å². The van der Waals surface area contributed by atoms with Gasteiger partial charge >= 0.3 is 0 Å². The van der Waals surface area contributed by atoms with Crippen molar-refractivity contribution in [3.8, 4) is 0 Å². The molecular formula is C17H15F2N5O2. The average molecular weight is 359 g/mol. The van der Waals surface area contributed by atoms with Gasteiger partial charge in [0.05, 0.1) is 18.8 Å². The fourth-order valence-corrected chi connectivity index (χ4v) is 3.30. The number of fused-ring (bicyclic) bond motifs is 1. The van der Waals surface area contributed by atoms with E-state index >= 15 is 0 Å². The predicted octanol–water partition coefficient (Wildman–Crippen LogP) is 2.28. The lowest BCUT2D eigenvalue weighted by Crippen LogP contribution is -2.26. The molecule has 1 aromatic carbocycles. The van der Waals surface area contributed by atoms with Crippen molar-refractivity contribution in [2.24, 2.45) is 0 Å². The number of alkyl halides is 1. The molecule has 2 aromatic heterocycles. The average Bonchev–Trinajstić information content (AvgIpc) is 3.24. The number of carbonyl (C=O) groups is 1. The molecule has 134 valence electrons. The molecule has 4 rings (SSSR count). The summed E-state index contributed by atoms with van der Waals surface area (Å²) in [7, 11) is 0. The van der Waals surface area contributed by atoms with Crippen molar-refractivity contribution in [3.05, 3.63) is 59.7 Å². The van der Waals surface area contributed by atoms with E-state index in [0.29, 0.717) is 17.0 Å². The number of benzene rings is 1. The normalized spacial score (nSPS) is 19.9. The minimum absolute atomic E-state index is 0.0441. The summed E-state index contributed by atoms with van der Waals surface area (Å²) < 4.78 is 29.0. The first-order chi connectivity index (χ1) is 12.6. The van der Waals surface area contributed by atoms with E-state index in [9.17, 15) is 13.6 Å². The molecule has 1 aliphatic rings. The van der Waals surface area contributed by atoms with E-state index in [-0.39, 0.29) is 30.5 Å². The third kappa shape index (κ3) is 2.76. The van der Waals surface area contributed by atoms with Gasteiger partial charge in [0, 0.05) is 6.42 Å². The van der Waals surface area contributed by atoms with E-state index in [1.807, 2.05) is 0 Å². The summed E-state index contributed by atoms with van der Waals surface area (Å²) >= 11 is 0. The zero-order valence-corrected chi connectivity index (χ0v) is 13.5. The van der Waals surface area contributed by atoms with Crippen molar-refractivity contribution >= 4 is 17.4 Å². The van der Waals surface area contributed by atoms with Gasteiger partial charge in [-0.05, 0) is 29.8 Å². The molecule has 0 bridgehead atoms. The molecule has 1 fully saturated rings. The molecule has 3 heterocycles. The van der Waals surface area contributed by atoms with Crippen LogP contribution in [0.3, 0.4) is 0 Å². The fraction of sp³-hybridized carbons (Fsp3) is 0.235. The molecule has 1 aliphatic heterocycles. The van der Waals surface area contributed by atoms with Crippen molar-refractivity contribution < 1.29 is 18.8 Å². The van der Waals surface area contributed by atoms with Gasteiger partial charge in [-0.25, -0.2) is 23.8 Å². The Morgan fingerprint density at radius 2 is 2.15 bits per heavy atom. The van der Waals surface area contributed by atoms with Crippen LogP contribution in [0.1, 0.15) is 28.5 Å². The van der Waals surface area contributed by atoms with Crippen LogP contribution in [0, 0.1) is 5.82 Å². The SMILES string of the molecule is O=C(NO)c1cnc2ccc(N3C[C@@H](F)CC3c3cccc(F)c3)nn12. The molecule has 2 atom stereocenters. The molecular weight excluding hydrogens is 344 g/mol. The van der Waals surface area contributed by atoms with Crippen molar-refractivity contribution in [2.45, 2.75) is 18.6 Å². The van der Waals surface area contributed by atoms with Crippen molar-refractivity contribution in [2.75, 3.05) is 11.4 Å². The summed E-state index contributed by atoms with van der Waals surface area (Å²) in [4.78, 5) is 17.5. The van der Waals surface area contributed by atoms with Crippen LogP contribution in [0.5, 0.6) is 0 Å². The van der Waals surface area contributed by atoms with Crippen molar-refractivity contribution in [1.29, 1.82) is 0 Å². The van der Waals surface area contributed by atoms with Crippen molar-refractivity contribution in [1.82, 2.24) is 20.1 Å². The summed E-state index contributed by atoms with van der Waals surface area (Å²) in [5, 5.41) is 13.2. The number of hydrogen-bond acceptors (Lipinski definition) is 5. The minimum Gasteiger partial charge on any atom is -0.345 e. The summed E-state index contributed by atoms with van der Waals surface area (Å²) in [6, 6.07) is 9.01. The molecule has 1 unspecified atom stereocenters. The molecule has 3 aromatic rings. The number of imidazole rings is 1. The molecule has 26 heavy (non-hydrogen) atoms. The molecule has 0 aliphatic carbocycles. The first-order valence-corrected chi connectivity index (χ1v) is 8.02. The smallest absolute Gasteiger partial charge is 0.294 e. The van der Waals surface area contributed by atoms with E-state index in [1.54, 1.807) is 34.6 Å². The maximum atomic E-state index is 14.1. The second kappa shape index (κ2) is 6.34. The van der Waals surface area contributed by atoms with Crippen LogP contribution in [-0.4, -0.2) is 38.4 Å². The Morgan fingerprint density at radius 1 is 1.31 bits per heavy atom. The Bertz CT molecular complexity index is 977. The number of nitrogens with one attached hydrogen (secondary N) is 1. The molecule has 0 saturated carbocycles. The van der Waals surface area contributed by atoms with Gasteiger partial charge in [-0.3, -0.25) is 10.0 Å². The Balaban J connectivity index is 1.76.